The van der Waals surface area contributed by atoms with Crippen molar-refractivity contribution >= 4 is 11.8 Å². The molecule has 0 aromatic rings. The fourth-order valence-electron chi connectivity index (χ4n) is 8.90. The number of allylic oxidation sites excluding steroid dienone is 1. The summed E-state index contributed by atoms with van der Waals surface area (Å²) in [5.41, 5.74) is 0.583. The standard InChI is InChI=1S/C23H32O5/c1-13-7-22-8-14(13)5-6-16(22)23-10-15(28-12-26-3)9-21(2,17(24)11-23)19(23)18(22)20(25)27-4/h14-16,18-19H,1,5-12H2,2-4H3/t14-,15-,16-,18-,19-,21+,22+,23-/m1/s1. The third kappa shape index (κ3) is 2.05. The second-order valence-corrected chi connectivity index (χ2v) is 10.4. The number of ether oxygens (including phenoxy) is 3. The molecule has 0 aliphatic heterocycles. The zero-order valence-corrected chi connectivity index (χ0v) is 17.3. The highest BCUT2D eigenvalue weighted by molar-refractivity contribution is 5.91. The molecule has 0 saturated heterocycles. The van der Waals surface area contributed by atoms with E-state index >= 15 is 0 Å². The van der Waals surface area contributed by atoms with Crippen molar-refractivity contribution in [2.24, 2.45) is 39.9 Å². The van der Waals surface area contributed by atoms with E-state index < -0.39 is 5.41 Å². The van der Waals surface area contributed by atoms with Crippen LogP contribution in [0, 0.1) is 39.9 Å². The fraction of sp³-hybridized carbons (Fsp3) is 0.826. The summed E-state index contributed by atoms with van der Waals surface area (Å²) >= 11 is 0. The molecule has 5 saturated carbocycles. The Hall–Kier alpha value is -1.20. The summed E-state index contributed by atoms with van der Waals surface area (Å²) in [6.45, 7) is 6.72. The van der Waals surface area contributed by atoms with E-state index in [9.17, 15) is 9.59 Å². The van der Waals surface area contributed by atoms with Crippen LogP contribution in [0.25, 0.3) is 0 Å². The van der Waals surface area contributed by atoms with Crippen LogP contribution in [-0.4, -0.2) is 38.9 Å². The molecule has 0 unspecified atom stereocenters. The number of methoxy groups -OCH3 is 2. The highest BCUT2D eigenvalue weighted by Crippen LogP contribution is 2.81. The average molecular weight is 389 g/mol. The molecule has 8 atom stereocenters. The molecule has 5 fully saturated rings. The second-order valence-electron chi connectivity index (χ2n) is 10.4. The van der Waals surface area contributed by atoms with Crippen LogP contribution in [0.3, 0.4) is 0 Å². The van der Waals surface area contributed by atoms with Crippen molar-refractivity contribution in [3.63, 3.8) is 0 Å². The van der Waals surface area contributed by atoms with Crippen molar-refractivity contribution in [2.45, 2.75) is 58.0 Å². The second kappa shape index (κ2) is 5.91. The molecule has 0 aromatic carbocycles. The van der Waals surface area contributed by atoms with Gasteiger partial charge in [0.1, 0.15) is 12.6 Å². The topological polar surface area (TPSA) is 61.8 Å². The van der Waals surface area contributed by atoms with E-state index in [-0.39, 0.29) is 41.5 Å². The molecule has 28 heavy (non-hydrogen) atoms. The van der Waals surface area contributed by atoms with Gasteiger partial charge in [-0.15, -0.1) is 0 Å². The molecule has 4 bridgehead atoms. The smallest absolute Gasteiger partial charge is 0.309 e. The average Bonchev–Trinajstić information content (AvgIpc) is 3.11. The van der Waals surface area contributed by atoms with Crippen LogP contribution in [0.4, 0.5) is 0 Å². The molecule has 0 amide bonds. The maximum Gasteiger partial charge on any atom is 0.309 e. The first kappa shape index (κ1) is 18.8. The van der Waals surface area contributed by atoms with E-state index in [0.717, 1.165) is 32.1 Å². The maximum absolute atomic E-state index is 13.3. The van der Waals surface area contributed by atoms with Crippen molar-refractivity contribution in [3.05, 3.63) is 12.2 Å². The largest absolute Gasteiger partial charge is 0.469 e. The SMILES string of the molecule is C=C1C[C@]23C[C@H]1CC[C@H]2[C@]12CC(=O)[C@](C)(C[C@@H](OCOC)C1)[C@H]2[C@@H]3C(=O)OC. The van der Waals surface area contributed by atoms with Crippen LogP contribution in [0.1, 0.15) is 51.9 Å². The number of carbonyl (C=O) groups is 2. The van der Waals surface area contributed by atoms with Crippen LogP contribution < -0.4 is 0 Å². The van der Waals surface area contributed by atoms with Gasteiger partial charge in [-0.1, -0.05) is 19.1 Å². The van der Waals surface area contributed by atoms with E-state index in [1.807, 2.05) is 0 Å². The monoisotopic (exact) mass is 388 g/mol. The van der Waals surface area contributed by atoms with Crippen LogP contribution in [0.15, 0.2) is 12.2 Å². The minimum absolute atomic E-state index is 0.0171. The molecule has 1 spiro atoms. The van der Waals surface area contributed by atoms with Crippen LogP contribution in [0.2, 0.25) is 0 Å². The maximum atomic E-state index is 13.3. The molecule has 0 radical (unpaired) electrons. The van der Waals surface area contributed by atoms with Crippen LogP contribution >= 0.6 is 0 Å². The van der Waals surface area contributed by atoms with E-state index in [1.54, 1.807) is 7.11 Å². The van der Waals surface area contributed by atoms with Gasteiger partial charge in [-0.05, 0) is 67.1 Å². The molecule has 5 aliphatic carbocycles. The van der Waals surface area contributed by atoms with Crippen molar-refractivity contribution in [1.29, 1.82) is 0 Å². The summed E-state index contributed by atoms with van der Waals surface area (Å²) in [5.74, 6) is 1.00. The van der Waals surface area contributed by atoms with Crippen LogP contribution in [0.5, 0.6) is 0 Å². The highest BCUT2D eigenvalue weighted by atomic mass is 16.7. The Kier molecular flexibility index (Phi) is 3.97. The molecule has 5 rings (SSSR count). The zero-order valence-electron chi connectivity index (χ0n) is 17.3. The predicted molar refractivity (Wildman–Crippen MR) is 102 cm³/mol. The molecule has 0 aromatic heterocycles. The molecule has 154 valence electrons. The zero-order chi connectivity index (χ0) is 19.9. The number of hydrogen-bond donors (Lipinski definition) is 0. The third-order valence-corrected chi connectivity index (χ3v) is 9.47. The Bertz CT molecular complexity index is 745. The molecular formula is C23H32O5. The van der Waals surface area contributed by atoms with Crippen molar-refractivity contribution in [2.75, 3.05) is 21.0 Å². The number of carbonyl (C=O) groups excluding carboxylic acids is 2. The normalized spacial score (nSPS) is 51.2. The van der Waals surface area contributed by atoms with Gasteiger partial charge in [-0.25, -0.2) is 0 Å². The molecular weight excluding hydrogens is 356 g/mol. The summed E-state index contributed by atoms with van der Waals surface area (Å²) in [6.07, 6.45) is 6.36. The predicted octanol–water partition coefficient (Wildman–Crippen LogP) is 3.52. The molecule has 5 aliphatic rings. The Labute approximate surface area is 167 Å². The lowest BCUT2D eigenvalue weighted by molar-refractivity contribution is -0.160. The lowest BCUT2D eigenvalue weighted by Crippen LogP contribution is -2.48. The number of hydrogen-bond acceptors (Lipinski definition) is 5. The van der Waals surface area contributed by atoms with Crippen molar-refractivity contribution in [1.82, 2.24) is 0 Å². The minimum atomic E-state index is -0.513. The Morgan fingerprint density at radius 3 is 2.64 bits per heavy atom. The van der Waals surface area contributed by atoms with Gasteiger partial charge in [-0.3, -0.25) is 9.59 Å². The molecule has 0 N–H and O–H groups in total. The van der Waals surface area contributed by atoms with E-state index in [2.05, 4.69) is 13.5 Å². The fourth-order valence-corrected chi connectivity index (χ4v) is 8.90. The van der Waals surface area contributed by atoms with Gasteiger partial charge >= 0.3 is 5.97 Å². The number of Topliss-reactive ketones (excluding diaryl/α,β-unsaturated/α-hetero) is 1. The van der Waals surface area contributed by atoms with E-state index in [0.29, 0.717) is 30.5 Å². The van der Waals surface area contributed by atoms with Crippen molar-refractivity contribution in [3.8, 4) is 0 Å². The van der Waals surface area contributed by atoms with Gasteiger partial charge in [0.15, 0.2) is 0 Å². The van der Waals surface area contributed by atoms with Gasteiger partial charge in [0.2, 0.25) is 0 Å². The molecule has 5 nitrogen and oxygen atoms in total. The summed E-state index contributed by atoms with van der Waals surface area (Å²) in [7, 11) is 3.14. The van der Waals surface area contributed by atoms with Crippen LogP contribution in [-0.2, 0) is 23.8 Å². The minimum Gasteiger partial charge on any atom is -0.469 e. The first-order valence-corrected chi connectivity index (χ1v) is 10.7. The summed E-state index contributed by atoms with van der Waals surface area (Å²) < 4.78 is 16.6. The molecule has 0 heterocycles. The van der Waals surface area contributed by atoms with Crippen molar-refractivity contribution < 1.29 is 23.8 Å². The van der Waals surface area contributed by atoms with Gasteiger partial charge in [-0.2, -0.15) is 0 Å². The Balaban J connectivity index is 1.65. The summed E-state index contributed by atoms with van der Waals surface area (Å²) in [6, 6.07) is 0. The lowest BCUT2D eigenvalue weighted by Gasteiger charge is -2.48. The van der Waals surface area contributed by atoms with E-state index in [1.165, 1.54) is 12.7 Å². The number of ketones is 1. The summed E-state index contributed by atoms with van der Waals surface area (Å²) in [4.78, 5) is 26.6. The number of rotatable bonds is 4. The van der Waals surface area contributed by atoms with Gasteiger partial charge in [0.25, 0.3) is 0 Å². The van der Waals surface area contributed by atoms with Gasteiger partial charge in [0, 0.05) is 18.9 Å². The van der Waals surface area contributed by atoms with Gasteiger partial charge < -0.3 is 14.2 Å². The Morgan fingerprint density at radius 2 is 1.93 bits per heavy atom. The third-order valence-electron chi connectivity index (χ3n) is 9.47. The Morgan fingerprint density at radius 1 is 1.14 bits per heavy atom. The number of esters is 1. The summed E-state index contributed by atoms with van der Waals surface area (Å²) in [5, 5.41) is 0. The highest BCUT2D eigenvalue weighted by Gasteiger charge is 2.80. The number of fused-ring (bicyclic) bond motifs is 1. The van der Waals surface area contributed by atoms with Gasteiger partial charge in [0.05, 0.1) is 19.1 Å². The lowest BCUT2D eigenvalue weighted by atomic mass is 9.57. The first-order valence-electron chi connectivity index (χ1n) is 10.7. The first-order chi connectivity index (χ1) is 13.3. The molecule has 5 heteroatoms. The van der Waals surface area contributed by atoms with E-state index in [4.69, 9.17) is 14.2 Å². The quantitative estimate of drug-likeness (QED) is 0.419.